The van der Waals surface area contributed by atoms with E-state index in [1.807, 2.05) is 6.07 Å². The monoisotopic (exact) mass is 804 g/mol. The molecule has 2 aliphatic heterocycles. The van der Waals surface area contributed by atoms with Crippen LogP contribution in [0.1, 0.15) is 40.1 Å². The number of nitro groups is 1. The molecule has 16 heteroatoms. The van der Waals surface area contributed by atoms with Gasteiger partial charge in [-0.05, 0) is 85.7 Å². The van der Waals surface area contributed by atoms with E-state index in [0.717, 1.165) is 31.3 Å². The van der Waals surface area contributed by atoms with Crippen LogP contribution in [0.25, 0.3) is 0 Å². The van der Waals surface area contributed by atoms with Crippen LogP contribution in [0.5, 0.6) is 5.75 Å². The summed E-state index contributed by atoms with van der Waals surface area (Å²) in [5.41, 5.74) is 1.76. The van der Waals surface area contributed by atoms with Crippen molar-refractivity contribution in [1.82, 2.24) is 4.98 Å². The van der Waals surface area contributed by atoms with Gasteiger partial charge in [0.25, 0.3) is 11.6 Å². The molecule has 3 fully saturated rings. The first-order valence-corrected chi connectivity index (χ1v) is 19.0. The smallest absolute Gasteiger partial charge is 0.338 e. The van der Waals surface area contributed by atoms with E-state index in [0.29, 0.717) is 29.1 Å². The van der Waals surface area contributed by atoms with Gasteiger partial charge < -0.3 is 19.8 Å². The zero-order chi connectivity index (χ0) is 36.4. The second-order valence-corrected chi connectivity index (χ2v) is 16.2. The summed E-state index contributed by atoms with van der Waals surface area (Å²) in [7, 11) is 0. The molecule has 0 radical (unpaired) electrons. The van der Waals surface area contributed by atoms with Crippen molar-refractivity contribution in [3.63, 3.8) is 0 Å². The first-order chi connectivity index (χ1) is 25.0. The van der Waals surface area contributed by atoms with Gasteiger partial charge in [-0.3, -0.25) is 34.2 Å². The topological polar surface area (TPSA) is 178 Å². The van der Waals surface area contributed by atoms with Crippen LogP contribution < -0.4 is 19.8 Å². The standard InChI is InChI=1S/C36H29BrN4O9S2/c1-2-49-35(45)16-3-6-18(7-4-16)38-25(42)15-50-24-12-5-17(37)13-21(24)26-27-22-14-23(30(27)51-32-31(26)52-36(46)39-32)29-28(22)33(43)40(34(29)44)19-8-10-20(11-9-19)41(47)48/h3-13,22-23,26-30H,2,14-15H2,1H3,(H,38,42)(H,39,46)/t22-,23-,26+,27-,28+,29+,30-/m1/s1. The average Bonchev–Trinajstić information content (AvgIpc) is 3.86. The van der Waals surface area contributed by atoms with Crippen molar-refractivity contribution in [2.45, 2.75) is 29.5 Å². The molecule has 52 heavy (non-hydrogen) atoms. The Morgan fingerprint density at radius 2 is 1.73 bits per heavy atom. The molecule has 2 aliphatic carbocycles. The van der Waals surface area contributed by atoms with Gasteiger partial charge >= 0.3 is 10.8 Å². The minimum absolute atomic E-state index is 0.0877. The van der Waals surface area contributed by atoms with Gasteiger partial charge in [0.1, 0.15) is 5.75 Å². The predicted octanol–water partition coefficient (Wildman–Crippen LogP) is 5.98. The Hall–Kier alpha value is -4.80. The second kappa shape index (κ2) is 13.3. The SMILES string of the molecule is CCOC(=O)c1ccc(NC(=O)COc2ccc(Br)cc2[C@@H]2c3sc(=O)[nH]c3S[C@@H]3[C@@H]4C[C@@H]([C@@H]5C(=O)N(c6ccc([N+](=O)[O-])cc6)C(=O)[C@@H]45)[C@H]23)cc1. The Morgan fingerprint density at radius 1 is 1.02 bits per heavy atom. The maximum absolute atomic E-state index is 14.1. The van der Waals surface area contributed by atoms with E-state index < -0.39 is 28.6 Å². The number of hydrogen-bond acceptors (Lipinski definition) is 11. The number of nitro benzene ring substituents is 1. The fourth-order valence-corrected chi connectivity index (χ4v) is 11.7. The van der Waals surface area contributed by atoms with Gasteiger partial charge in [-0.25, -0.2) is 4.79 Å². The number of benzene rings is 3. The number of anilines is 2. The third-order valence-electron chi connectivity index (χ3n) is 10.4. The van der Waals surface area contributed by atoms with Crippen LogP contribution in [0.3, 0.4) is 0 Å². The van der Waals surface area contributed by atoms with E-state index >= 15 is 0 Å². The van der Waals surface area contributed by atoms with Gasteiger partial charge in [0.2, 0.25) is 11.8 Å². The third-order valence-corrected chi connectivity index (χ3v) is 13.5. The van der Waals surface area contributed by atoms with E-state index in [9.17, 15) is 34.1 Å². The Balaban J connectivity index is 1.08. The molecule has 2 N–H and O–H groups in total. The third kappa shape index (κ3) is 5.72. The Bertz CT molecular complexity index is 2210. The van der Waals surface area contributed by atoms with Crippen LogP contribution in [0.4, 0.5) is 17.1 Å². The lowest BCUT2D eigenvalue weighted by Crippen LogP contribution is -2.42. The van der Waals surface area contributed by atoms with Gasteiger partial charge in [-0.2, -0.15) is 0 Å². The summed E-state index contributed by atoms with van der Waals surface area (Å²) < 4.78 is 12.0. The molecular weight excluding hydrogens is 776 g/mol. The molecule has 0 unspecified atom stereocenters. The molecule has 7 atom stereocenters. The van der Waals surface area contributed by atoms with Gasteiger partial charge in [0.15, 0.2) is 6.61 Å². The molecule has 13 nitrogen and oxygen atoms in total. The normalized spacial score (nSPS) is 25.3. The van der Waals surface area contributed by atoms with Crippen LogP contribution in [-0.4, -0.2) is 52.1 Å². The molecule has 3 amide bonds. The first kappa shape index (κ1) is 34.3. The molecule has 3 heterocycles. The summed E-state index contributed by atoms with van der Waals surface area (Å²) in [6.45, 7) is 1.65. The number of imide groups is 1. The highest BCUT2D eigenvalue weighted by Crippen LogP contribution is 2.69. The largest absolute Gasteiger partial charge is 0.483 e. The van der Waals surface area contributed by atoms with Gasteiger partial charge in [-0.15, -0.1) is 11.8 Å². The van der Waals surface area contributed by atoms with Crippen molar-refractivity contribution in [2.75, 3.05) is 23.4 Å². The number of nitrogens with zero attached hydrogens (tertiary/aromatic N) is 2. The molecule has 4 aromatic rings. The zero-order valence-electron chi connectivity index (χ0n) is 27.3. The lowest BCUT2D eigenvalue weighted by atomic mass is 9.68. The summed E-state index contributed by atoms with van der Waals surface area (Å²) >= 11 is 6.26. The number of carbonyl (C=O) groups is 4. The van der Waals surface area contributed by atoms with Crippen LogP contribution in [0.2, 0.25) is 0 Å². The fourth-order valence-electron chi connectivity index (χ4n) is 8.48. The summed E-state index contributed by atoms with van der Waals surface area (Å²) in [6, 6.07) is 17.3. The van der Waals surface area contributed by atoms with E-state index in [-0.39, 0.29) is 64.5 Å². The fraction of sp³-hybridized carbons (Fsp3) is 0.306. The minimum Gasteiger partial charge on any atom is -0.483 e. The summed E-state index contributed by atoms with van der Waals surface area (Å²) in [4.78, 5) is 81.4. The second-order valence-electron chi connectivity index (χ2n) is 13.1. The average molecular weight is 806 g/mol. The molecule has 1 saturated heterocycles. The lowest BCUT2D eigenvalue weighted by molar-refractivity contribution is -0.384. The number of aromatic nitrogens is 1. The number of fused-ring (bicyclic) bond motifs is 9. The van der Waals surface area contributed by atoms with E-state index in [4.69, 9.17) is 9.47 Å². The Labute approximate surface area is 312 Å². The molecule has 4 aliphatic rings. The molecular formula is C36H29BrN4O9S2. The number of hydrogen-bond donors (Lipinski definition) is 2. The van der Waals surface area contributed by atoms with Crippen LogP contribution in [0.15, 0.2) is 81.0 Å². The number of carbonyl (C=O) groups excluding carboxylic acids is 4. The predicted molar refractivity (Wildman–Crippen MR) is 195 cm³/mol. The molecule has 0 spiro atoms. The van der Waals surface area contributed by atoms with Crippen molar-refractivity contribution in [3.05, 3.63) is 107 Å². The highest BCUT2D eigenvalue weighted by atomic mass is 79.9. The highest BCUT2D eigenvalue weighted by molar-refractivity contribution is 9.10. The maximum atomic E-state index is 14.1. The molecule has 3 aromatic carbocycles. The number of thiazole rings is 1. The Morgan fingerprint density at radius 3 is 2.42 bits per heavy atom. The number of H-pyrrole nitrogens is 1. The summed E-state index contributed by atoms with van der Waals surface area (Å²) in [6.07, 6.45) is 0.667. The number of nitrogens with one attached hydrogen (secondary N) is 2. The number of amides is 3. The van der Waals surface area contributed by atoms with Crippen LogP contribution in [-0.2, 0) is 19.1 Å². The number of thioether (sulfide) groups is 1. The van der Waals surface area contributed by atoms with E-state index in [1.54, 1.807) is 55.1 Å². The number of esters is 1. The molecule has 8 rings (SSSR count). The van der Waals surface area contributed by atoms with Crippen molar-refractivity contribution in [3.8, 4) is 5.75 Å². The molecule has 266 valence electrons. The minimum atomic E-state index is -0.577. The Kier molecular flexibility index (Phi) is 8.78. The van der Waals surface area contributed by atoms with Gasteiger partial charge in [0.05, 0.1) is 39.6 Å². The van der Waals surface area contributed by atoms with Crippen molar-refractivity contribution in [2.24, 2.45) is 29.6 Å². The molecule has 2 bridgehead atoms. The number of ether oxygens (including phenoxy) is 2. The number of rotatable bonds is 9. The van der Waals surface area contributed by atoms with Crippen molar-refractivity contribution in [1.29, 1.82) is 0 Å². The van der Waals surface area contributed by atoms with Crippen molar-refractivity contribution >= 4 is 79.8 Å². The first-order valence-electron chi connectivity index (χ1n) is 16.5. The molecule has 1 aromatic heterocycles. The van der Waals surface area contributed by atoms with E-state index in [2.05, 4.69) is 26.2 Å². The zero-order valence-corrected chi connectivity index (χ0v) is 30.5. The molecule has 2 saturated carbocycles. The highest BCUT2D eigenvalue weighted by Gasteiger charge is 2.70. The quantitative estimate of drug-likeness (QED) is 0.0886. The number of halogens is 1. The maximum Gasteiger partial charge on any atom is 0.338 e. The number of aromatic amines is 1. The van der Waals surface area contributed by atoms with Gasteiger partial charge in [-0.1, -0.05) is 27.3 Å². The summed E-state index contributed by atoms with van der Waals surface area (Å²) in [5.74, 6) is -3.00. The van der Waals surface area contributed by atoms with Crippen LogP contribution in [0, 0.1) is 39.7 Å². The summed E-state index contributed by atoms with van der Waals surface area (Å²) in [5, 5.41) is 14.6. The number of non-ortho nitro benzene ring substituents is 1. The van der Waals surface area contributed by atoms with E-state index in [1.165, 1.54) is 29.2 Å². The van der Waals surface area contributed by atoms with Crippen LogP contribution >= 0.6 is 39.0 Å². The lowest BCUT2D eigenvalue weighted by Gasteiger charge is -2.43. The van der Waals surface area contributed by atoms with Gasteiger partial charge in [0, 0.05) is 43.9 Å². The van der Waals surface area contributed by atoms with Crippen molar-refractivity contribution < 1.29 is 33.6 Å².